The summed E-state index contributed by atoms with van der Waals surface area (Å²) in [5, 5.41) is 6.63. The molecule has 2 N–H and O–H groups in total. The quantitative estimate of drug-likeness (QED) is 0.266. The van der Waals surface area contributed by atoms with Crippen LogP contribution in [0.15, 0.2) is 109 Å². The SMILES string of the molecule is c1ccc(CN(Cc2ccccc2)c2nc(NCc3ccccn3)nc(NCc3ccccn3)n2)cc1. The summed E-state index contributed by atoms with van der Waals surface area (Å²) in [7, 11) is 0. The van der Waals surface area contributed by atoms with Crippen LogP contribution in [-0.2, 0) is 26.2 Å². The molecule has 0 aliphatic rings. The summed E-state index contributed by atoms with van der Waals surface area (Å²) < 4.78 is 0. The van der Waals surface area contributed by atoms with E-state index in [0.717, 1.165) is 11.4 Å². The van der Waals surface area contributed by atoms with Crippen molar-refractivity contribution in [1.29, 1.82) is 0 Å². The molecular formula is C29H28N8. The molecule has 0 fully saturated rings. The van der Waals surface area contributed by atoms with Gasteiger partial charge in [-0.25, -0.2) is 0 Å². The van der Waals surface area contributed by atoms with Gasteiger partial charge in [0, 0.05) is 25.5 Å². The van der Waals surface area contributed by atoms with E-state index in [1.807, 2.05) is 72.8 Å². The molecule has 2 aromatic carbocycles. The predicted octanol–water partition coefficient (Wildman–Crippen LogP) is 5.09. The van der Waals surface area contributed by atoms with E-state index in [1.165, 1.54) is 11.1 Å². The van der Waals surface area contributed by atoms with E-state index < -0.39 is 0 Å². The van der Waals surface area contributed by atoms with Crippen LogP contribution in [0.25, 0.3) is 0 Å². The smallest absolute Gasteiger partial charge is 0.232 e. The number of hydrogen-bond acceptors (Lipinski definition) is 8. The number of nitrogens with zero attached hydrogens (tertiary/aromatic N) is 6. The first-order valence-electron chi connectivity index (χ1n) is 12.2. The predicted molar refractivity (Wildman–Crippen MR) is 146 cm³/mol. The van der Waals surface area contributed by atoms with Crippen molar-refractivity contribution >= 4 is 17.8 Å². The standard InChI is InChI=1S/C29H28N8/c1-3-11-23(12-4-1)21-37(22-24-13-5-2-6-14-24)29-35-27(32-19-25-15-7-9-17-30-25)34-28(36-29)33-20-26-16-8-10-18-31-26/h1-18H,19-22H2,(H2,32,33,34,35,36). The average Bonchev–Trinajstić information content (AvgIpc) is 2.97. The van der Waals surface area contributed by atoms with E-state index in [1.54, 1.807) is 12.4 Å². The normalized spacial score (nSPS) is 10.6. The molecule has 0 radical (unpaired) electrons. The van der Waals surface area contributed by atoms with Gasteiger partial charge < -0.3 is 15.5 Å². The third-order valence-corrected chi connectivity index (χ3v) is 5.65. The maximum Gasteiger partial charge on any atom is 0.232 e. The Kier molecular flexibility index (Phi) is 7.88. The van der Waals surface area contributed by atoms with Crippen molar-refractivity contribution in [1.82, 2.24) is 24.9 Å². The molecule has 0 spiro atoms. The number of aromatic nitrogens is 5. The van der Waals surface area contributed by atoms with Crippen LogP contribution in [0.2, 0.25) is 0 Å². The van der Waals surface area contributed by atoms with Crippen LogP contribution in [-0.4, -0.2) is 24.9 Å². The van der Waals surface area contributed by atoms with Gasteiger partial charge in [0.1, 0.15) is 0 Å². The van der Waals surface area contributed by atoms with Crippen LogP contribution < -0.4 is 15.5 Å². The third-order valence-electron chi connectivity index (χ3n) is 5.65. The summed E-state index contributed by atoms with van der Waals surface area (Å²) in [5.74, 6) is 1.53. The van der Waals surface area contributed by atoms with Crippen molar-refractivity contribution in [2.75, 3.05) is 15.5 Å². The van der Waals surface area contributed by atoms with Crippen LogP contribution in [0.3, 0.4) is 0 Å². The minimum atomic E-state index is 0.477. The fraction of sp³-hybridized carbons (Fsp3) is 0.138. The molecule has 5 rings (SSSR count). The highest BCUT2D eigenvalue weighted by molar-refractivity contribution is 5.45. The molecule has 0 amide bonds. The first-order valence-corrected chi connectivity index (χ1v) is 12.2. The van der Waals surface area contributed by atoms with E-state index in [-0.39, 0.29) is 0 Å². The summed E-state index contributed by atoms with van der Waals surface area (Å²) in [6.07, 6.45) is 3.55. The minimum absolute atomic E-state index is 0.477. The van der Waals surface area contributed by atoms with Gasteiger partial charge in [0.15, 0.2) is 0 Å². The Balaban J connectivity index is 1.45. The highest BCUT2D eigenvalue weighted by Crippen LogP contribution is 2.20. The third kappa shape index (κ3) is 7.08. The molecule has 0 aliphatic carbocycles. The Bertz CT molecular complexity index is 1260. The van der Waals surface area contributed by atoms with Crippen LogP contribution >= 0.6 is 0 Å². The van der Waals surface area contributed by atoms with Crippen LogP contribution in [0, 0.1) is 0 Å². The Labute approximate surface area is 216 Å². The molecule has 3 aromatic heterocycles. The van der Waals surface area contributed by atoms with E-state index >= 15 is 0 Å². The molecule has 0 aliphatic heterocycles. The second-order valence-electron chi connectivity index (χ2n) is 8.46. The number of nitrogens with one attached hydrogen (secondary N) is 2. The Morgan fingerprint density at radius 3 is 1.41 bits per heavy atom. The molecule has 0 saturated heterocycles. The van der Waals surface area contributed by atoms with Crippen molar-refractivity contribution in [2.45, 2.75) is 26.2 Å². The van der Waals surface area contributed by atoms with Gasteiger partial charge in [-0.15, -0.1) is 0 Å². The van der Waals surface area contributed by atoms with Gasteiger partial charge in [-0.2, -0.15) is 15.0 Å². The minimum Gasteiger partial charge on any atom is -0.348 e. The van der Waals surface area contributed by atoms with Crippen molar-refractivity contribution in [2.24, 2.45) is 0 Å². The van der Waals surface area contributed by atoms with Crippen LogP contribution in [0.5, 0.6) is 0 Å². The monoisotopic (exact) mass is 488 g/mol. The zero-order chi connectivity index (χ0) is 25.1. The largest absolute Gasteiger partial charge is 0.348 e. The molecule has 184 valence electrons. The number of benzene rings is 2. The molecule has 0 unspecified atom stereocenters. The number of anilines is 3. The van der Waals surface area contributed by atoms with Crippen molar-refractivity contribution < 1.29 is 0 Å². The van der Waals surface area contributed by atoms with Crippen molar-refractivity contribution in [3.05, 3.63) is 132 Å². The van der Waals surface area contributed by atoms with Gasteiger partial charge in [-0.05, 0) is 35.4 Å². The molecule has 37 heavy (non-hydrogen) atoms. The summed E-state index contributed by atoms with van der Waals surface area (Å²) in [6.45, 7) is 2.31. The fourth-order valence-electron chi connectivity index (χ4n) is 3.81. The lowest BCUT2D eigenvalue weighted by Crippen LogP contribution is -2.25. The summed E-state index contributed by atoms with van der Waals surface area (Å²) in [4.78, 5) is 25.2. The molecule has 3 heterocycles. The number of rotatable bonds is 11. The van der Waals surface area contributed by atoms with Crippen LogP contribution in [0.1, 0.15) is 22.5 Å². The Morgan fingerprint density at radius 2 is 0.973 bits per heavy atom. The van der Waals surface area contributed by atoms with Gasteiger partial charge in [0.2, 0.25) is 17.8 Å². The maximum absolute atomic E-state index is 4.81. The molecule has 8 heteroatoms. The lowest BCUT2D eigenvalue weighted by Gasteiger charge is -2.24. The summed E-state index contributed by atoms with van der Waals surface area (Å²) >= 11 is 0. The van der Waals surface area contributed by atoms with E-state index in [9.17, 15) is 0 Å². The van der Waals surface area contributed by atoms with Crippen molar-refractivity contribution in [3.63, 3.8) is 0 Å². The van der Waals surface area contributed by atoms with Crippen molar-refractivity contribution in [3.8, 4) is 0 Å². The lowest BCUT2D eigenvalue weighted by molar-refractivity contribution is 0.757. The molecule has 0 saturated carbocycles. The van der Waals surface area contributed by atoms with E-state index in [0.29, 0.717) is 44.0 Å². The maximum atomic E-state index is 4.81. The fourth-order valence-corrected chi connectivity index (χ4v) is 3.81. The first-order chi connectivity index (χ1) is 18.3. The summed E-state index contributed by atoms with van der Waals surface area (Å²) in [6, 6.07) is 32.3. The highest BCUT2D eigenvalue weighted by atomic mass is 15.3. The second kappa shape index (κ2) is 12.2. The lowest BCUT2D eigenvalue weighted by atomic mass is 10.2. The van der Waals surface area contributed by atoms with Gasteiger partial charge >= 0.3 is 0 Å². The zero-order valence-corrected chi connectivity index (χ0v) is 20.4. The summed E-state index contributed by atoms with van der Waals surface area (Å²) in [5.41, 5.74) is 4.14. The Morgan fingerprint density at radius 1 is 0.514 bits per heavy atom. The molecule has 0 atom stereocenters. The molecular weight excluding hydrogens is 460 g/mol. The zero-order valence-electron chi connectivity index (χ0n) is 20.4. The Hall–Kier alpha value is -4.85. The van der Waals surface area contributed by atoms with E-state index in [4.69, 9.17) is 9.97 Å². The number of pyridine rings is 2. The highest BCUT2D eigenvalue weighted by Gasteiger charge is 2.16. The molecule has 8 nitrogen and oxygen atoms in total. The van der Waals surface area contributed by atoms with Gasteiger partial charge in [0.25, 0.3) is 0 Å². The van der Waals surface area contributed by atoms with E-state index in [2.05, 4.69) is 54.8 Å². The molecule has 5 aromatic rings. The second-order valence-corrected chi connectivity index (χ2v) is 8.46. The van der Waals surface area contributed by atoms with Crippen LogP contribution in [0.4, 0.5) is 17.8 Å². The number of hydrogen-bond donors (Lipinski definition) is 2. The van der Waals surface area contributed by atoms with Gasteiger partial charge in [-0.1, -0.05) is 72.8 Å². The average molecular weight is 489 g/mol. The van der Waals surface area contributed by atoms with Gasteiger partial charge in [0.05, 0.1) is 24.5 Å². The molecule has 0 bridgehead atoms. The first kappa shape index (κ1) is 23.9. The van der Waals surface area contributed by atoms with Gasteiger partial charge in [-0.3, -0.25) is 9.97 Å². The topological polar surface area (TPSA) is 91.8 Å².